The molecule has 0 atom stereocenters. The monoisotopic (exact) mass is 326 g/mol. The van der Waals surface area contributed by atoms with Crippen LogP contribution in [0.2, 0.25) is 0 Å². The molecule has 2 rings (SSSR count). The Balaban J connectivity index is 1.89. The van der Waals surface area contributed by atoms with Crippen LogP contribution in [0.5, 0.6) is 5.75 Å². The first kappa shape index (κ1) is 15.5. The van der Waals surface area contributed by atoms with Gasteiger partial charge in [-0.25, -0.2) is 4.98 Å². The molecule has 2 aromatic rings. The molecule has 0 saturated heterocycles. The Kier molecular flexibility index (Phi) is 5.29. The number of thiophene rings is 1. The summed E-state index contributed by atoms with van der Waals surface area (Å²) in [5.41, 5.74) is 0.792. The molecule has 0 bridgehead atoms. The minimum absolute atomic E-state index is 0.119. The lowest BCUT2D eigenvalue weighted by Gasteiger charge is -1.98. The van der Waals surface area contributed by atoms with E-state index in [1.807, 2.05) is 5.38 Å². The summed E-state index contributed by atoms with van der Waals surface area (Å²) in [6.07, 6.45) is 1.24. The number of carbonyl (C=O) groups excluding carboxylic acids is 1. The second-order valence-electron chi connectivity index (χ2n) is 4.20. The highest BCUT2D eigenvalue weighted by molar-refractivity contribution is 7.14. The van der Waals surface area contributed by atoms with Gasteiger partial charge in [-0.15, -0.1) is 22.7 Å². The molecule has 0 fully saturated rings. The van der Waals surface area contributed by atoms with Gasteiger partial charge >= 0.3 is 5.97 Å². The predicted octanol–water partition coefficient (Wildman–Crippen LogP) is 2.87. The molecular weight excluding hydrogens is 312 g/mol. The van der Waals surface area contributed by atoms with Crippen molar-refractivity contribution in [2.45, 2.75) is 19.3 Å². The van der Waals surface area contributed by atoms with Crippen molar-refractivity contribution in [2.24, 2.45) is 0 Å². The highest BCUT2D eigenvalue weighted by Gasteiger charge is 2.12. The zero-order chi connectivity index (χ0) is 15.2. The number of aryl methyl sites for hydroxylation is 1. The molecule has 0 aliphatic heterocycles. The van der Waals surface area contributed by atoms with Gasteiger partial charge in [-0.3, -0.25) is 14.9 Å². The molecule has 0 aliphatic carbocycles. The molecule has 0 unspecified atom stereocenters. The quantitative estimate of drug-likeness (QED) is 0.817. The van der Waals surface area contributed by atoms with Gasteiger partial charge in [0.05, 0.1) is 17.7 Å². The molecule has 1 amide bonds. The Bertz CT molecular complexity index is 636. The van der Waals surface area contributed by atoms with Crippen molar-refractivity contribution < 1.29 is 19.4 Å². The van der Waals surface area contributed by atoms with Gasteiger partial charge in [0.1, 0.15) is 5.75 Å². The van der Waals surface area contributed by atoms with E-state index in [0.717, 1.165) is 5.69 Å². The average molecular weight is 326 g/mol. The van der Waals surface area contributed by atoms with Crippen LogP contribution in [-0.2, 0) is 11.2 Å². The third-order valence-electron chi connectivity index (χ3n) is 2.63. The molecule has 2 N–H and O–H groups in total. The molecule has 6 nitrogen and oxygen atoms in total. The predicted molar refractivity (Wildman–Crippen MR) is 81.5 cm³/mol. The smallest absolute Gasteiger partial charge is 0.303 e. The van der Waals surface area contributed by atoms with Crippen molar-refractivity contribution in [3.63, 3.8) is 0 Å². The van der Waals surface area contributed by atoms with Gasteiger partial charge in [0.2, 0.25) is 0 Å². The van der Waals surface area contributed by atoms with Crippen LogP contribution in [-0.4, -0.2) is 29.1 Å². The topological polar surface area (TPSA) is 88.5 Å². The van der Waals surface area contributed by atoms with Gasteiger partial charge in [0.25, 0.3) is 5.91 Å². The third kappa shape index (κ3) is 4.54. The van der Waals surface area contributed by atoms with E-state index in [4.69, 9.17) is 9.84 Å². The van der Waals surface area contributed by atoms with E-state index in [0.29, 0.717) is 28.6 Å². The number of aromatic nitrogens is 1. The van der Waals surface area contributed by atoms with Crippen LogP contribution in [0.15, 0.2) is 16.8 Å². The second kappa shape index (κ2) is 7.19. The van der Waals surface area contributed by atoms with Crippen LogP contribution >= 0.6 is 22.7 Å². The number of thiazole rings is 1. The number of amides is 1. The first-order valence-electron chi connectivity index (χ1n) is 6.18. The van der Waals surface area contributed by atoms with Gasteiger partial charge in [-0.2, -0.15) is 0 Å². The number of nitrogens with zero attached hydrogens (tertiary/aromatic N) is 1. The largest absolute Gasteiger partial charge is 0.496 e. The molecule has 0 radical (unpaired) electrons. The highest BCUT2D eigenvalue weighted by atomic mass is 32.1. The number of anilines is 1. The minimum atomic E-state index is -0.814. The fourth-order valence-corrected chi connectivity index (χ4v) is 3.09. The van der Waals surface area contributed by atoms with Crippen LogP contribution in [0.25, 0.3) is 0 Å². The van der Waals surface area contributed by atoms with Crippen LogP contribution in [0.4, 0.5) is 5.13 Å². The molecule has 0 spiro atoms. The van der Waals surface area contributed by atoms with Crippen molar-refractivity contribution in [3.8, 4) is 5.75 Å². The highest BCUT2D eigenvalue weighted by Crippen LogP contribution is 2.23. The maximum Gasteiger partial charge on any atom is 0.303 e. The molecule has 0 aromatic carbocycles. The number of nitrogens with one attached hydrogen (secondary N) is 1. The maximum atomic E-state index is 12.0. The summed E-state index contributed by atoms with van der Waals surface area (Å²) in [6.45, 7) is 0. The Morgan fingerprint density at radius 2 is 2.19 bits per heavy atom. The van der Waals surface area contributed by atoms with Crippen molar-refractivity contribution in [2.75, 3.05) is 12.4 Å². The lowest BCUT2D eigenvalue weighted by Crippen LogP contribution is -2.09. The molecule has 21 heavy (non-hydrogen) atoms. The van der Waals surface area contributed by atoms with E-state index >= 15 is 0 Å². The zero-order valence-electron chi connectivity index (χ0n) is 11.3. The summed E-state index contributed by atoms with van der Waals surface area (Å²) in [5, 5.41) is 15.4. The van der Waals surface area contributed by atoms with E-state index < -0.39 is 5.97 Å². The van der Waals surface area contributed by atoms with E-state index in [2.05, 4.69) is 10.3 Å². The first-order valence-corrected chi connectivity index (χ1v) is 7.94. The number of carboxylic acid groups (broad SMARTS) is 1. The van der Waals surface area contributed by atoms with Crippen LogP contribution in [0.3, 0.4) is 0 Å². The number of carboxylic acids is 1. The Morgan fingerprint density at radius 3 is 2.86 bits per heavy atom. The lowest BCUT2D eigenvalue weighted by atomic mass is 10.2. The van der Waals surface area contributed by atoms with Gasteiger partial charge < -0.3 is 9.84 Å². The van der Waals surface area contributed by atoms with E-state index in [9.17, 15) is 9.59 Å². The van der Waals surface area contributed by atoms with Gasteiger partial charge in [0.15, 0.2) is 5.13 Å². The molecule has 2 aromatic heterocycles. The zero-order valence-corrected chi connectivity index (χ0v) is 12.9. The van der Waals surface area contributed by atoms with Crippen molar-refractivity contribution in [1.29, 1.82) is 0 Å². The SMILES string of the molecule is COc1csc(C(=O)Nc2nc(CCCC(=O)O)cs2)c1. The molecule has 2 heterocycles. The standard InChI is InChI=1S/C13H14N2O4S2/c1-19-9-5-10(20-7-9)12(18)15-13-14-8(6-21-13)3-2-4-11(16)17/h5-7H,2-4H2,1H3,(H,16,17)(H,14,15,18). The van der Waals surface area contributed by atoms with E-state index in [-0.39, 0.29) is 12.3 Å². The number of rotatable bonds is 7. The number of hydrogen-bond donors (Lipinski definition) is 2. The summed E-state index contributed by atoms with van der Waals surface area (Å²) >= 11 is 2.63. The fourth-order valence-electron chi connectivity index (χ4n) is 1.60. The van der Waals surface area contributed by atoms with Crippen LogP contribution < -0.4 is 10.1 Å². The number of methoxy groups -OCH3 is 1. The summed E-state index contributed by atoms with van der Waals surface area (Å²) in [4.78, 5) is 27.2. The Hall–Kier alpha value is -1.93. The number of aliphatic carboxylic acids is 1. The summed E-state index contributed by atoms with van der Waals surface area (Å²) in [5.74, 6) is -0.390. The molecule has 112 valence electrons. The van der Waals surface area contributed by atoms with Crippen molar-refractivity contribution >= 4 is 39.7 Å². The fraction of sp³-hybridized carbons (Fsp3) is 0.308. The molecule has 0 aliphatic rings. The van der Waals surface area contributed by atoms with Crippen molar-refractivity contribution in [1.82, 2.24) is 4.98 Å². The summed E-state index contributed by atoms with van der Waals surface area (Å²) in [7, 11) is 1.55. The first-order chi connectivity index (χ1) is 10.1. The third-order valence-corrected chi connectivity index (χ3v) is 4.34. The summed E-state index contributed by atoms with van der Waals surface area (Å²) in [6, 6.07) is 1.67. The lowest BCUT2D eigenvalue weighted by molar-refractivity contribution is -0.137. The Morgan fingerprint density at radius 1 is 1.38 bits per heavy atom. The number of carbonyl (C=O) groups is 2. The van der Waals surface area contributed by atoms with E-state index in [1.54, 1.807) is 18.6 Å². The average Bonchev–Trinajstić information content (AvgIpc) is 3.07. The number of ether oxygens (including phenoxy) is 1. The molecular formula is C13H14N2O4S2. The van der Waals surface area contributed by atoms with Gasteiger partial charge in [-0.05, 0) is 12.8 Å². The Labute approximate surface area is 129 Å². The number of hydrogen-bond acceptors (Lipinski definition) is 6. The second-order valence-corrected chi connectivity index (χ2v) is 5.97. The van der Waals surface area contributed by atoms with Crippen LogP contribution in [0, 0.1) is 0 Å². The molecule has 8 heteroatoms. The van der Waals surface area contributed by atoms with Gasteiger partial charge in [-0.1, -0.05) is 0 Å². The maximum absolute atomic E-state index is 12.0. The van der Waals surface area contributed by atoms with E-state index in [1.165, 1.54) is 22.7 Å². The van der Waals surface area contributed by atoms with Crippen LogP contribution in [0.1, 0.15) is 28.2 Å². The minimum Gasteiger partial charge on any atom is -0.496 e. The molecule has 0 saturated carbocycles. The normalized spacial score (nSPS) is 10.3. The van der Waals surface area contributed by atoms with Gasteiger partial charge in [0, 0.05) is 23.2 Å². The van der Waals surface area contributed by atoms with Crippen molar-refractivity contribution in [3.05, 3.63) is 27.4 Å². The summed E-state index contributed by atoms with van der Waals surface area (Å²) < 4.78 is 5.03.